The zero-order chi connectivity index (χ0) is 19.8. The normalized spacial score (nSPS) is 18.4. The van der Waals surface area contributed by atoms with Gasteiger partial charge in [-0.05, 0) is 49.1 Å². The van der Waals surface area contributed by atoms with Crippen molar-refractivity contribution in [3.63, 3.8) is 0 Å². The number of cyclic esters (lactones) is 1. The molecule has 2 aromatic heterocycles. The third kappa shape index (κ3) is 4.06. The number of ether oxygens (including phenoxy) is 1. The van der Waals surface area contributed by atoms with E-state index < -0.39 is 0 Å². The number of aromatic nitrogens is 4. The molecule has 1 saturated heterocycles. The molecule has 1 aliphatic heterocycles. The van der Waals surface area contributed by atoms with Crippen LogP contribution in [0.1, 0.15) is 30.0 Å². The van der Waals surface area contributed by atoms with Crippen LogP contribution in [0.4, 0.5) is 16.4 Å². The summed E-state index contributed by atoms with van der Waals surface area (Å²) in [4.78, 5) is 20.2. The molecule has 8 heteroatoms. The van der Waals surface area contributed by atoms with Crippen molar-refractivity contribution >= 4 is 17.7 Å². The SMILES string of the molecule is Cc1cc(Nc2nccc(C3CC3)n2)cc(-c2cnn(C[C@@H]3CNC(=O)O3)c2)c1. The molecular weight excluding hydrogens is 368 g/mol. The molecule has 1 saturated carbocycles. The largest absolute Gasteiger partial charge is 0.442 e. The molecule has 3 aromatic rings. The minimum Gasteiger partial charge on any atom is -0.442 e. The maximum absolute atomic E-state index is 11.2. The van der Waals surface area contributed by atoms with Gasteiger partial charge in [-0.1, -0.05) is 6.07 Å². The molecule has 3 heterocycles. The van der Waals surface area contributed by atoms with Gasteiger partial charge in [0, 0.05) is 35.3 Å². The first-order valence-electron chi connectivity index (χ1n) is 9.81. The lowest BCUT2D eigenvalue weighted by Crippen LogP contribution is -2.20. The van der Waals surface area contributed by atoms with Gasteiger partial charge >= 0.3 is 6.09 Å². The molecule has 1 aliphatic carbocycles. The van der Waals surface area contributed by atoms with Crippen molar-refractivity contribution in [2.75, 3.05) is 11.9 Å². The molecule has 0 unspecified atom stereocenters. The lowest BCUT2D eigenvalue weighted by molar-refractivity contribution is 0.129. The van der Waals surface area contributed by atoms with Crippen molar-refractivity contribution in [1.29, 1.82) is 0 Å². The van der Waals surface area contributed by atoms with Crippen molar-refractivity contribution in [2.45, 2.75) is 38.3 Å². The highest BCUT2D eigenvalue weighted by molar-refractivity contribution is 5.70. The first kappa shape index (κ1) is 17.7. The quantitative estimate of drug-likeness (QED) is 0.670. The molecular formula is C21H22N6O2. The molecule has 29 heavy (non-hydrogen) atoms. The summed E-state index contributed by atoms with van der Waals surface area (Å²) in [6, 6.07) is 8.25. The van der Waals surface area contributed by atoms with E-state index in [-0.39, 0.29) is 12.2 Å². The van der Waals surface area contributed by atoms with E-state index in [0.717, 1.165) is 28.1 Å². The van der Waals surface area contributed by atoms with E-state index in [4.69, 9.17) is 4.74 Å². The van der Waals surface area contributed by atoms with Crippen LogP contribution in [-0.2, 0) is 11.3 Å². The Kier molecular flexibility index (Phi) is 4.38. The minimum atomic E-state index is -0.371. The predicted molar refractivity (Wildman–Crippen MR) is 108 cm³/mol. The predicted octanol–water partition coefficient (Wildman–Crippen LogP) is 3.38. The van der Waals surface area contributed by atoms with Crippen LogP contribution in [0.25, 0.3) is 11.1 Å². The van der Waals surface area contributed by atoms with Crippen molar-refractivity contribution in [1.82, 2.24) is 25.1 Å². The van der Waals surface area contributed by atoms with Crippen LogP contribution in [-0.4, -0.2) is 38.5 Å². The van der Waals surface area contributed by atoms with Gasteiger partial charge in [-0.3, -0.25) is 4.68 Å². The molecule has 2 aliphatic rings. The fraction of sp³-hybridized carbons (Fsp3) is 0.333. The fourth-order valence-electron chi connectivity index (χ4n) is 3.55. The average Bonchev–Trinajstić information content (AvgIpc) is 3.32. The number of hydrogen-bond acceptors (Lipinski definition) is 6. The molecule has 2 fully saturated rings. The number of benzene rings is 1. The Labute approximate surface area is 168 Å². The topological polar surface area (TPSA) is 94.0 Å². The highest BCUT2D eigenvalue weighted by atomic mass is 16.6. The number of nitrogens with one attached hydrogen (secondary N) is 2. The second-order valence-corrected chi connectivity index (χ2v) is 7.65. The summed E-state index contributed by atoms with van der Waals surface area (Å²) < 4.78 is 6.98. The molecule has 5 rings (SSSR count). The number of aryl methyl sites for hydroxylation is 1. The van der Waals surface area contributed by atoms with Crippen LogP contribution >= 0.6 is 0 Å². The maximum Gasteiger partial charge on any atom is 0.407 e. The van der Waals surface area contributed by atoms with Crippen LogP contribution < -0.4 is 10.6 Å². The summed E-state index contributed by atoms with van der Waals surface area (Å²) in [5, 5.41) is 10.4. The highest BCUT2D eigenvalue weighted by Crippen LogP contribution is 2.39. The van der Waals surface area contributed by atoms with E-state index >= 15 is 0 Å². The zero-order valence-electron chi connectivity index (χ0n) is 16.1. The zero-order valence-corrected chi connectivity index (χ0v) is 16.1. The molecule has 1 atom stereocenters. The summed E-state index contributed by atoms with van der Waals surface area (Å²) >= 11 is 0. The van der Waals surface area contributed by atoms with Crippen LogP contribution in [0.15, 0.2) is 42.9 Å². The number of rotatable bonds is 6. The Bertz CT molecular complexity index is 1060. The second-order valence-electron chi connectivity index (χ2n) is 7.65. The number of nitrogens with zero attached hydrogens (tertiary/aromatic N) is 4. The maximum atomic E-state index is 11.2. The minimum absolute atomic E-state index is 0.194. The van der Waals surface area contributed by atoms with Crippen LogP contribution in [0.3, 0.4) is 0 Å². The molecule has 8 nitrogen and oxygen atoms in total. The number of anilines is 2. The first-order chi connectivity index (χ1) is 14.1. The van der Waals surface area contributed by atoms with E-state index in [2.05, 4.69) is 50.8 Å². The van der Waals surface area contributed by atoms with E-state index in [1.807, 2.05) is 24.7 Å². The number of hydrogen-bond donors (Lipinski definition) is 2. The van der Waals surface area contributed by atoms with Gasteiger partial charge in [0.05, 0.1) is 19.3 Å². The van der Waals surface area contributed by atoms with Gasteiger partial charge in [0.2, 0.25) is 5.95 Å². The number of amides is 1. The summed E-state index contributed by atoms with van der Waals surface area (Å²) in [7, 11) is 0. The van der Waals surface area contributed by atoms with Gasteiger partial charge < -0.3 is 15.4 Å². The number of alkyl carbamates (subject to hydrolysis) is 1. The van der Waals surface area contributed by atoms with Gasteiger partial charge in [-0.15, -0.1) is 0 Å². The molecule has 0 bridgehead atoms. The first-order valence-corrected chi connectivity index (χ1v) is 9.81. The molecule has 2 N–H and O–H groups in total. The fourth-order valence-corrected chi connectivity index (χ4v) is 3.55. The Hall–Kier alpha value is -3.42. The Balaban J connectivity index is 1.34. The van der Waals surface area contributed by atoms with Crippen molar-refractivity contribution in [3.05, 3.63) is 54.1 Å². The molecule has 148 valence electrons. The van der Waals surface area contributed by atoms with Crippen molar-refractivity contribution < 1.29 is 9.53 Å². The van der Waals surface area contributed by atoms with Crippen LogP contribution in [0, 0.1) is 6.92 Å². The van der Waals surface area contributed by atoms with Crippen molar-refractivity contribution in [3.8, 4) is 11.1 Å². The smallest absolute Gasteiger partial charge is 0.407 e. The highest BCUT2D eigenvalue weighted by Gasteiger charge is 2.25. The van der Waals surface area contributed by atoms with Gasteiger partial charge in [0.1, 0.15) is 6.10 Å². The third-order valence-electron chi connectivity index (χ3n) is 5.11. The second kappa shape index (κ2) is 7.20. The van der Waals surface area contributed by atoms with E-state index in [1.54, 1.807) is 4.68 Å². The van der Waals surface area contributed by atoms with Crippen LogP contribution in [0.5, 0.6) is 0 Å². The lowest BCUT2D eigenvalue weighted by Gasteiger charge is -2.09. The Morgan fingerprint density at radius 3 is 2.97 bits per heavy atom. The summed E-state index contributed by atoms with van der Waals surface area (Å²) in [6.45, 7) is 3.09. The van der Waals surface area contributed by atoms with Crippen molar-refractivity contribution in [2.24, 2.45) is 0 Å². The van der Waals surface area contributed by atoms with E-state index in [9.17, 15) is 4.79 Å². The van der Waals surface area contributed by atoms with Gasteiger partial charge in [0.15, 0.2) is 0 Å². The number of carbonyl (C=O) groups excluding carboxylic acids is 1. The number of carbonyl (C=O) groups is 1. The standard InChI is InChI=1S/C21H22N6O2/c1-13-6-15(16-9-24-27(11-16)12-18-10-23-21(28)29-18)8-17(7-13)25-20-22-5-4-19(26-20)14-2-3-14/h4-9,11,14,18H,2-3,10,12H2,1H3,(H,23,28)(H,22,25,26)/t18-/m0/s1. The monoisotopic (exact) mass is 390 g/mol. The van der Waals surface area contributed by atoms with Gasteiger partial charge in [-0.25, -0.2) is 14.8 Å². The van der Waals surface area contributed by atoms with Gasteiger partial charge in [-0.2, -0.15) is 5.10 Å². The van der Waals surface area contributed by atoms with Crippen LogP contribution in [0.2, 0.25) is 0 Å². The van der Waals surface area contributed by atoms with E-state index in [0.29, 0.717) is 25.0 Å². The molecule has 0 spiro atoms. The molecule has 1 aromatic carbocycles. The lowest BCUT2D eigenvalue weighted by atomic mass is 10.1. The summed E-state index contributed by atoms with van der Waals surface area (Å²) in [5.41, 5.74) is 5.23. The molecule has 1 amide bonds. The summed E-state index contributed by atoms with van der Waals surface area (Å²) in [6.07, 6.45) is 7.47. The Morgan fingerprint density at radius 2 is 2.17 bits per heavy atom. The average molecular weight is 390 g/mol. The van der Waals surface area contributed by atoms with Gasteiger partial charge in [0.25, 0.3) is 0 Å². The van der Waals surface area contributed by atoms with E-state index in [1.165, 1.54) is 12.8 Å². The third-order valence-corrected chi connectivity index (χ3v) is 5.11. The molecule has 0 radical (unpaired) electrons. The Morgan fingerprint density at radius 1 is 1.28 bits per heavy atom. The summed E-state index contributed by atoms with van der Waals surface area (Å²) in [5.74, 6) is 1.21.